The normalized spacial score (nSPS) is 15.2. The molecule has 1 aliphatic carbocycles. The van der Waals surface area contributed by atoms with Crippen LogP contribution in [-0.4, -0.2) is 19.5 Å². The molecule has 2 unspecified atom stereocenters. The van der Waals surface area contributed by atoms with Crippen molar-refractivity contribution in [2.75, 3.05) is 0 Å². The Hall–Kier alpha value is -7.37. The molecule has 5 heteroatoms. The van der Waals surface area contributed by atoms with Crippen LogP contribution in [0.4, 0.5) is 0 Å². The molecule has 2 aliphatic rings. The van der Waals surface area contributed by atoms with Gasteiger partial charge in [-0.2, -0.15) is 0 Å². The van der Waals surface area contributed by atoms with Crippen LogP contribution in [0, 0.1) is 0 Å². The van der Waals surface area contributed by atoms with E-state index in [1.54, 1.807) is 0 Å². The molecule has 0 spiro atoms. The largest absolute Gasteiger partial charge is 0.484 e. The van der Waals surface area contributed by atoms with Crippen LogP contribution in [0.1, 0.15) is 28.8 Å². The van der Waals surface area contributed by atoms with Gasteiger partial charge in [0.2, 0.25) is 0 Å². The summed E-state index contributed by atoms with van der Waals surface area (Å²) >= 11 is 0. The summed E-state index contributed by atoms with van der Waals surface area (Å²) < 4.78 is 9.54. The average molecular weight is 719 g/mol. The molecule has 0 amide bonds. The number of para-hydroxylation sites is 2. The van der Waals surface area contributed by atoms with Crippen molar-refractivity contribution in [2.24, 2.45) is 0 Å². The maximum atomic E-state index is 7.16. The fourth-order valence-corrected chi connectivity index (χ4v) is 8.39. The topological polar surface area (TPSA) is 52.8 Å². The van der Waals surface area contributed by atoms with E-state index in [4.69, 9.17) is 19.7 Å². The molecule has 2 aromatic heterocycles. The number of hydrogen-bond acceptors (Lipinski definition) is 4. The summed E-state index contributed by atoms with van der Waals surface area (Å²) in [4.78, 5) is 15.3. The minimum Gasteiger partial charge on any atom is -0.484 e. The van der Waals surface area contributed by atoms with Gasteiger partial charge >= 0.3 is 0 Å². The van der Waals surface area contributed by atoms with Gasteiger partial charge < -0.3 is 9.30 Å². The highest BCUT2D eigenvalue weighted by atomic mass is 16.5. The van der Waals surface area contributed by atoms with E-state index in [2.05, 4.69) is 162 Å². The third kappa shape index (κ3) is 5.36. The quantitative estimate of drug-likeness (QED) is 0.172. The smallest absolute Gasteiger partial charge is 0.167 e. The van der Waals surface area contributed by atoms with Crippen LogP contribution < -0.4 is 4.74 Å². The molecule has 11 rings (SSSR count). The Balaban J connectivity index is 1.02. The fourth-order valence-electron chi connectivity index (χ4n) is 8.39. The highest BCUT2D eigenvalue weighted by molar-refractivity contribution is 5.92. The van der Waals surface area contributed by atoms with E-state index in [-0.39, 0.29) is 12.0 Å². The van der Waals surface area contributed by atoms with Gasteiger partial charge in [0.1, 0.15) is 11.9 Å². The highest BCUT2D eigenvalue weighted by Gasteiger charge is 2.41. The van der Waals surface area contributed by atoms with Crippen molar-refractivity contribution in [3.63, 3.8) is 0 Å². The van der Waals surface area contributed by atoms with Crippen molar-refractivity contribution in [1.82, 2.24) is 19.5 Å². The van der Waals surface area contributed by atoms with Gasteiger partial charge in [-0.25, -0.2) is 15.0 Å². The van der Waals surface area contributed by atoms with Crippen molar-refractivity contribution in [2.45, 2.75) is 12.0 Å². The van der Waals surface area contributed by atoms with E-state index in [0.29, 0.717) is 17.5 Å². The van der Waals surface area contributed by atoms with Gasteiger partial charge in [-0.05, 0) is 52.6 Å². The summed E-state index contributed by atoms with van der Waals surface area (Å²) in [6.07, 6.45) is 4.38. The Labute approximate surface area is 324 Å². The van der Waals surface area contributed by atoms with Gasteiger partial charge in [-0.15, -0.1) is 0 Å². The summed E-state index contributed by atoms with van der Waals surface area (Å²) in [6.45, 7) is 0. The Morgan fingerprint density at radius 2 is 1.02 bits per heavy atom. The zero-order chi connectivity index (χ0) is 37.0. The van der Waals surface area contributed by atoms with Crippen molar-refractivity contribution in [1.29, 1.82) is 0 Å². The molecule has 264 valence electrons. The molecule has 5 nitrogen and oxygen atoms in total. The Bertz CT molecular complexity index is 2940. The van der Waals surface area contributed by atoms with E-state index in [0.717, 1.165) is 50.5 Å². The van der Waals surface area contributed by atoms with Gasteiger partial charge in [0, 0.05) is 39.2 Å². The maximum absolute atomic E-state index is 7.16. The standard InChI is InChI=1S/C51H34N4O/c1-4-14-33(15-5-1)35-26-28-37(29-27-35)50-52-49(36-18-8-3-9-19-36)53-51(54-50)43-24-13-23-40-41-30-31-45-46(48(41)56-47(40)43)42-22-10-11-25-44(42)55(45)39-21-12-20-38(32-39)34-16-6-2-7-17-34/h1-32,41,48H. The first-order chi connectivity index (χ1) is 27.8. The van der Waals surface area contributed by atoms with Gasteiger partial charge in [-0.3, -0.25) is 0 Å². The van der Waals surface area contributed by atoms with Crippen molar-refractivity contribution in [3.8, 4) is 67.9 Å². The minimum atomic E-state index is -0.213. The van der Waals surface area contributed by atoms with Gasteiger partial charge in [-0.1, -0.05) is 164 Å². The lowest BCUT2D eigenvalue weighted by Crippen LogP contribution is -2.13. The summed E-state index contributed by atoms with van der Waals surface area (Å²) in [6, 6.07) is 63.3. The van der Waals surface area contributed by atoms with Gasteiger partial charge in [0.15, 0.2) is 17.5 Å². The zero-order valence-electron chi connectivity index (χ0n) is 30.3. The second-order valence-corrected chi connectivity index (χ2v) is 14.3. The molecule has 1 aliphatic heterocycles. The molecule has 0 saturated carbocycles. The van der Waals surface area contributed by atoms with E-state index in [9.17, 15) is 0 Å². The van der Waals surface area contributed by atoms with E-state index < -0.39 is 0 Å². The molecule has 9 aromatic rings. The monoisotopic (exact) mass is 718 g/mol. The minimum absolute atomic E-state index is 0.0350. The first-order valence-corrected chi connectivity index (χ1v) is 19.0. The van der Waals surface area contributed by atoms with Crippen LogP contribution in [0.15, 0.2) is 188 Å². The third-order valence-electron chi connectivity index (χ3n) is 11.0. The number of rotatable bonds is 6. The molecular weight excluding hydrogens is 685 g/mol. The molecule has 3 heterocycles. The van der Waals surface area contributed by atoms with Crippen LogP contribution in [-0.2, 0) is 0 Å². The third-order valence-corrected chi connectivity index (χ3v) is 11.0. The van der Waals surface area contributed by atoms with E-state index in [1.807, 2.05) is 36.4 Å². The number of fused-ring (bicyclic) bond motifs is 7. The number of ether oxygens (including phenoxy) is 1. The fraction of sp³-hybridized carbons (Fsp3) is 0.0392. The lowest BCUT2D eigenvalue weighted by molar-refractivity contribution is 0.225. The zero-order valence-corrected chi connectivity index (χ0v) is 30.3. The molecule has 0 fully saturated rings. The van der Waals surface area contributed by atoms with Crippen molar-refractivity contribution in [3.05, 3.63) is 205 Å². The molecule has 0 saturated heterocycles. The number of hydrogen-bond donors (Lipinski definition) is 0. The number of aromatic nitrogens is 4. The summed E-state index contributed by atoms with van der Waals surface area (Å²) in [5.41, 5.74) is 13.1. The Morgan fingerprint density at radius 1 is 0.464 bits per heavy atom. The molecule has 7 aromatic carbocycles. The Morgan fingerprint density at radius 3 is 1.75 bits per heavy atom. The summed E-state index contributed by atoms with van der Waals surface area (Å²) in [5.74, 6) is 2.67. The molecule has 0 bridgehead atoms. The lowest BCUT2D eigenvalue weighted by atomic mass is 9.85. The van der Waals surface area contributed by atoms with Crippen LogP contribution in [0.3, 0.4) is 0 Å². The van der Waals surface area contributed by atoms with Crippen molar-refractivity contribution >= 4 is 17.0 Å². The second-order valence-electron chi connectivity index (χ2n) is 14.3. The lowest BCUT2D eigenvalue weighted by Gasteiger charge is -2.22. The number of nitrogens with zero attached hydrogens (tertiary/aromatic N) is 4. The molecule has 0 N–H and O–H groups in total. The molecule has 2 atom stereocenters. The average Bonchev–Trinajstić information content (AvgIpc) is 3.83. The summed E-state index contributed by atoms with van der Waals surface area (Å²) in [5, 5.41) is 1.19. The molecular formula is C51H34N4O. The summed E-state index contributed by atoms with van der Waals surface area (Å²) in [7, 11) is 0. The second kappa shape index (κ2) is 13.2. The van der Waals surface area contributed by atoms with Gasteiger partial charge in [0.25, 0.3) is 0 Å². The van der Waals surface area contributed by atoms with E-state index >= 15 is 0 Å². The van der Waals surface area contributed by atoms with Crippen LogP contribution in [0.25, 0.3) is 79.1 Å². The highest BCUT2D eigenvalue weighted by Crippen LogP contribution is 2.55. The first-order valence-electron chi connectivity index (χ1n) is 19.0. The van der Waals surface area contributed by atoms with E-state index in [1.165, 1.54) is 27.6 Å². The van der Waals surface area contributed by atoms with Crippen LogP contribution in [0.5, 0.6) is 5.75 Å². The van der Waals surface area contributed by atoms with Crippen LogP contribution >= 0.6 is 0 Å². The first kappa shape index (κ1) is 32.1. The van der Waals surface area contributed by atoms with Gasteiger partial charge in [0.05, 0.1) is 16.8 Å². The number of benzene rings is 7. The predicted octanol–water partition coefficient (Wildman–Crippen LogP) is 12.4. The van der Waals surface area contributed by atoms with Crippen LogP contribution in [0.2, 0.25) is 0 Å². The predicted molar refractivity (Wildman–Crippen MR) is 225 cm³/mol. The van der Waals surface area contributed by atoms with Crippen molar-refractivity contribution < 1.29 is 4.74 Å². The maximum Gasteiger partial charge on any atom is 0.167 e. The molecule has 0 radical (unpaired) electrons. The Kier molecular flexibility index (Phi) is 7.56. The SMILES string of the molecule is C1=CC2c3cccc(-c4nc(-c5ccccc5)nc(-c5ccc(-c6ccccc6)cc5)n4)c3OC2c2c1n(-c1cccc(-c3ccccc3)c1)c1ccccc21. The molecule has 56 heavy (non-hydrogen) atoms.